The molecular formula is C11H13NO7S. The zero-order valence-corrected chi connectivity index (χ0v) is 11.0. The summed E-state index contributed by atoms with van der Waals surface area (Å²) in [6.07, 6.45) is 0. The molecule has 0 aliphatic rings. The molecular weight excluding hydrogens is 290 g/mol. The number of nitrogens with one attached hydrogen (secondary N) is 1. The van der Waals surface area contributed by atoms with Crippen molar-refractivity contribution in [3.63, 3.8) is 0 Å². The lowest BCUT2D eigenvalue weighted by atomic mass is 10.1. The van der Waals surface area contributed by atoms with Crippen LogP contribution in [0.15, 0.2) is 24.3 Å². The van der Waals surface area contributed by atoms with E-state index in [0.29, 0.717) is 5.56 Å². The Balaban J connectivity index is 2.82. The summed E-state index contributed by atoms with van der Waals surface area (Å²) in [6, 6.07) is 3.89. The number of aliphatic hydroxyl groups excluding tert-OH is 1. The highest BCUT2D eigenvalue weighted by molar-refractivity contribution is 7.85. The fourth-order valence-electron chi connectivity index (χ4n) is 1.39. The van der Waals surface area contributed by atoms with Crippen molar-refractivity contribution >= 4 is 22.0 Å². The van der Waals surface area contributed by atoms with Crippen LogP contribution in [0.5, 0.6) is 0 Å². The average molecular weight is 303 g/mol. The molecule has 9 heteroatoms. The van der Waals surface area contributed by atoms with Crippen molar-refractivity contribution in [3.8, 4) is 0 Å². The van der Waals surface area contributed by atoms with Gasteiger partial charge in [0.15, 0.2) is 0 Å². The maximum atomic E-state index is 11.7. The highest BCUT2D eigenvalue weighted by Crippen LogP contribution is 2.05. The normalized spacial score (nSPS) is 12.7. The average Bonchev–Trinajstić information content (AvgIpc) is 2.36. The topological polar surface area (TPSA) is 141 Å². The van der Waals surface area contributed by atoms with Gasteiger partial charge in [0.25, 0.3) is 16.0 Å². The Morgan fingerprint density at radius 2 is 1.75 bits per heavy atom. The Morgan fingerprint density at radius 1 is 1.20 bits per heavy atom. The molecule has 0 saturated heterocycles. The fourth-order valence-corrected chi connectivity index (χ4v) is 2.04. The highest BCUT2D eigenvalue weighted by Gasteiger charge is 2.26. The van der Waals surface area contributed by atoms with Crippen LogP contribution in [-0.4, -0.2) is 46.9 Å². The first kappa shape index (κ1) is 16.1. The zero-order chi connectivity index (χ0) is 15.3. The van der Waals surface area contributed by atoms with Crippen molar-refractivity contribution in [2.24, 2.45) is 0 Å². The van der Waals surface area contributed by atoms with Crippen LogP contribution in [0.1, 0.15) is 15.9 Å². The molecule has 1 atom stereocenters. The molecule has 20 heavy (non-hydrogen) atoms. The molecule has 0 radical (unpaired) electrons. The Hall–Kier alpha value is -1.97. The molecule has 0 aromatic heterocycles. The fraction of sp³-hybridized carbons (Fsp3) is 0.273. The maximum absolute atomic E-state index is 11.7. The van der Waals surface area contributed by atoms with Crippen LogP contribution >= 0.6 is 0 Å². The molecule has 1 aromatic rings. The molecule has 0 bridgehead atoms. The van der Waals surface area contributed by atoms with E-state index in [9.17, 15) is 18.0 Å². The Bertz CT molecular complexity index is 594. The summed E-state index contributed by atoms with van der Waals surface area (Å²) in [5, 5.41) is 19.6. The summed E-state index contributed by atoms with van der Waals surface area (Å²) >= 11 is 0. The van der Waals surface area contributed by atoms with Gasteiger partial charge >= 0.3 is 5.97 Å². The number of hydrogen-bond acceptors (Lipinski definition) is 5. The number of carboxylic acid groups (broad SMARTS) is 1. The second-order valence-corrected chi connectivity index (χ2v) is 5.47. The van der Waals surface area contributed by atoms with Crippen LogP contribution in [0.3, 0.4) is 0 Å². The van der Waals surface area contributed by atoms with Gasteiger partial charge in [-0.3, -0.25) is 9.35 Å². The second-order valence-electron chi connectivity index (χ2n) is 3.97. The molecule has 4 N–H and O–H groups in total. The van der Waals surface area contributed by atoms with Gasteiger partial charge in [-0.2, -0.15) is 8.42 Å². The van der Waals surface area contributed by atoms with E-state index < -0.39 is 33.8 Å². The Labute approximate surface area is 114 Å². The molecule has 110 valence electrons. The third-order valence-electron chi connectivity index (χ3n) is 2.38. The quantitative estimate of drug-likeness (QED) is 0.507. The van der Waals surface area contributed by atoms with E-state index in [1.165, 1.54) is 24.3 Å². The highest BCUT2D eigenvalue weighted by atomic mass is 32.2. The summed E-state index contributed by atoms with van der Waals surface area (Å²) in [5.74, 6) is -3.50. The summed E-state index contributed by atoms with van der Waals surface area (Å²) in [4.78, 5) is 22.6. The Kier molecular flexibility index (Phi) is 5.19. The van der Waals surface area contributed by atoms with Gasteiger partial charge in [0.05, 0.1) is 6.61 Å². The van der Waals surface area contributed by atoms with E-state index in [-0.39, 0.29) is 12.2 Å². The van der Waals surface area contributed by atoms with E-state index in [1.54, 1.807) is 0 Å². The van der Waals surface area contributed by atoms with E-state index >= 15 is 0 Å². The van der Waals surface area contributed by atoms with Gasteiger partial charge in [0.1, 0.15) is 11.8 Å². The monoisotopic (exact) mass is 303 g/mol. The third-order valence-corrected chi connectivity index (χ3v) is 3.13. The summed E-state index contributed by atoms with van der Waals surface area (Å²) < 4.78 is 29.9. The minimum atomic E-state index is -4.54. The van der Waals surface area contributed by atoms with Gasteiger partial charge in [-0.1, -0.05) is 12.1 Å². The number of hydrogen-bond donors (Lipinski definition) is 4. The molecule has 1 rings (SSSR count). The van der Waals surface area contributed by atoms with Gasteiger partial charge < -0.3 is 15.5 Å². The molecule has 1 aromatic carbocycles. The molecule has 0 aliphatic carbocycles. The predicted octanol–water partition coefficient (Wildman–Crippen LogP) is -0.750. The van der Waals surface area contributed by atoms with Crippen LogP contribution < -0.4 is 5.32 Å². The first-order valence-corrected chi connectivity index (χ1v) is 7.02. The van der Waals surface area contributed by atoms with Crippen molar-refractivity contribution in [2.75, 3.05) is 5.75 Å². The molecule has 8 nitrogen and oxygen atoms in total. The lowest BCUT2D eigenvalue weighted by Crippen LogP contribution is -2.45. The van der Waals surface area contributed by atoms with E-state index in [2.05, 4.69) is 0 Å². The number of carbonyl (C=O) groups is 2. The number of aliphatic hydroxyl groups is 1. The van der Waals surface area contributed by atoms with Gasteiger partial charge in [-0.05, 0) is 17.7 Å². The molecule has 0 heterocycles. The molecule has 0 spiro atoms. The van der Waals surface area contributed by atoms with E-state index in [0.717, 1.165) is 0 Å². The largest absolute Gasteiger partial charge is 0.480 e. The summed E-state index contributed by atoms with van der Waals surface area (Å²) in [5.41, 5.74) is 0.665. The van der Waals surface area contributed by atoms with E-state index in [1.807, 2.05) is 5.32 Å². The minimum Gasteiger partial charge on any atom is -0.480 e. The first-order valence-electron chi connectivity index (χ1n) is 5.41. The van der Waals surface area contributed by atoms with Crippen molar-refractivity contribution in [1.82, 2.24) is 5.32 Å². The standard InChI is InChI=1S/C11H13NO7S/c13-5-7-1-3-8(4-2-7)10(14)12-9(11(15)16)6-20(17,18)19/h1-4,9,13H,5-6H2,(H,12,14)(H,15,16)(H,17,18,19). The molecule has 0 fully saturated rings. The van der Waals surface area contributed by atoms with E-state index in [4.69, 9.17) is 14.8 Å². The smallest absolute Gasteiger partial charge is 0.327 e. The van der Waals surface area contributed by atoms with Gasteiger partial charge in [0, 0.05) is 5.56 Å². The van der Waals surface area contributed by atoms with Crippen molar-refractivity contribution in [3.05, 3.63) is 35.4 Å². The van der Waals surface area contributed by atoms with Gasteiger partial charge in [-0.25, -0.2) is 4.79 Å². The first-order chi connectivity index (χ1) is 9.23. The number of aliphatic carboxylic acids is 1. The van der Waals surface area contributed by atoms with Crippen molar-refractivity contribution < 1.29 is 32.8 Å². The summed E-state index contributed by atoms with van der Waals surface area (Å²) in [6.45, 7) is -0.206. The maximum Gasteiger partial charge on any atom is 0.327 e. The zero-order valence-electron chi connectivity index (χ0n) is 10.2. The minimum absolute atomic E-state index is 0.101. The lowest BCUT2D eigenvalue weighted by Gasteiger charge is -2.13. The van der Waals surface area contributed by atoms with Crippen molar-refractivity contribution in [2.45, 2.75) is 12.6 Å². The number of carbonyl (C=O) groups excluding carboxylic acids is 1. The number of benzene rings is 1. The number of carboxylic acids is 1. The van der Waals surface area contributed by atoms with Crippen molar-refractivity contribution in [1.29, 1.82) is 0 Å². The number of amides is 1. The third kappa shape index (κ3) is 4.96. The van der Waals surface area contributed by atoms with Crippen LogP contribution in [0, 0.1) is 0 Å². The molecule has 1 unspecified atom stereocenters. The molecule has 1 amide bonds. The summed E-state index contributed by atoms with van der Waals surface area (Å²) in [7, 11) is -4.54. The van der Waals surface area contributed by atoms with Crippen LogP contribution in [0.2, 0.25) is 0 Å². The Morgan fingerprint density at radius 3 is 2.15 bits per heavy atom. The number of rotatable bonds is 6. The predicted molar refractivity (Wildman–Crippen MR) is 67.7 cm³/mol. The van der Waals surface area contributed by atoms with Crippen LogP contribution in [0.4, 0.5) is 0 Å². The second kappa shape index (κ2) is 6.46. The van der Waals surface area contributed by atoms with Gasteiger partial charge in [0.2, 0.25) is 0 Å². The lowest BCUT2D eigenvalue weighted by molar-refractivity contribution is -0.138. The van der Waals surface area contributed by atoms with Crippen LogP contribution in [-0.2, 0) is 21.5 Å². The molecule has 0 saturated carbocycles. The SMILES string of the molecule is O=C(NC(CS(=O)(=O)O)C(=O)O)c1ccc(CO)cc1. The van der Waals surface area contributed by atoms with Gasteiger partial charge in [-0.15, -0.1) is 0 Å². The molecule has 0 aliphatic heterocycles. The van der Waals surface area contributed by atoms with Crippen LogP contribution in [0.25, 0.3) is 0 Å².